The summed E-state index contributed by atoms with van der Waals surface area (Å²) < 4.78 is 47.6. The summed E-state index contributed by atoms with van der Waals surface area (Å²) >= 11 is 1.83. The molecule has 0 saturated carbocycles. The number of nitrogens with one attached hydrogen (secondary N) is 6. The number of unbranched alkanes of at least 4 members (excludes halogenated alkanes) is 3. The lowest BCUT2D eigenvalue weighted by Gasteiger charge is -2.51. The van der Waals surface area contributed by atoms with Crippen LogP contribution in [0.5, 0.6) is 0 Å². The first kappa shape index (κ1) is 68.3. The largest absolute Gasteiger partial charge is 0.477 e. The van der Waals surface area contributed by atoms with E-state index in [0.717, 1.165) is 38.9 Å². The SMILES string of the molecule is CC(=O)NC1C(OCCCNC(=O)CCCCCNC(=O)CCCC[C@@H]2SC[C@@H]3NC(=O)N[C@@H]32)OC(CO)C(OC2OC(CO)C(O)C(OC3(C(=O)O)CC(O)C(NC(C)=O)C([C@H](O)[C@H](O)CO)O3)C2O)C1OC1OC(C)C(O)C(O)C1O. The molecule has 0 bridgehead atoms. The van der Waals surface area contributed by atoms with Gasteiger partial charge in [-0.25, -0.2) is 9.59 Å². The van der Waals surface area contributed by atoms with Crippen molar-refractivity contribution in [2.75, 3.05) is 45.3 Å². The number of aliphatic hydroxyl groups excluding tert-OH is 11. The number of urea groups is 1. The molecule has 0 radical (unpaired) electrons. The second-order valence-corrected chi connectivity index (χ2v) is 22.9. The Hall–Kier alpha value is -3.79. The topological polar surface area (TPSA) is 491 Å². The Morgan fingerprint density at radius 3 is 1.96 bits per heavy atom. The molecule has 0 aromatic heterocycles. The minimum atomic E-state index is -3.16. The average molecular weight is 1220 g/mol. The molecule has 6 aliphatic rings. The van der Waals surface area contributed by atoms with Crippen LogP contribution in [0.25, 0.3) is 0 Å². The van der Waals surface area contributed by atoms with Crippen LogP contribution in [0.3, 0.4) is 0 Å². The van der Waals surface area contributed by atoms with Crippen LogP contribution in [0.4, 0.5) is 4.79 Å². The van der Waals surface area contributed by atoms with E-state index in [9.17, 15) is 90.0 Å². The van der Waals surface area contributed by atoms with E-state index in [1.54, 1.807) is 0 Å². The van der Waals surface area contributed by atoms with Crippen LogP contribution in [-0.2, 0) is 61.9 Å². The number of carboxylic acid groups (broad SMARTS) is 1. The third kappa shape index (κ3) is 17.7. The summed E-state index contributed by atoms with van der Waals surface area (Å²) in [5, 5.41) is 146. The van der Waals surface area contributed by atoms with Crippen molar-refractivity contribution in [3.8, 4) is 0 Å². The molecule has 6 heterocycles. The van der Waals surface area contributed by atoms with Gasteiger partial charge in [0.1, 0.15) is 85.4 Å². The molecule has 32 nitrogen and oxygen atoms in total. The average Bonchev–Trinajstić information content (AvgIpc) is 3.71. The summed E-state index contributed by atoms with van der Waals surface area (Å²) in [5.41, 5.74) is 0. The van der Waals surface area contributed by atoms with Gasteiger partial charge >= 0.3 is 12.0 Å². The number of fused-ring (bicyclic) bond motifs is 1. The minimum Gasteiger partial charge on any atom is -0.477 e. The summed E-state index contributed by atoms with van der Waals surface area (Å²) in [6, 6.07) is -3.00. The second-order valence-electron chi connectivity index (χ2n) is 21.6. The number of hydrogen-bond acceptors (Lipinski definition) is 26. The van der Waals surface area contributed by atoms with Crippen molar-refractivity contribution < 1.29 is 128 Å². The van der Waals surface area contributed by atoms with Crippen molar-refractivity contribution >= 4 is 47.4 Å². The highest BCUT2D eigenvalue weighted by Gasteiger charge is 2.61. The van der Waals surface area contributed by atoms with Crippen molar-refractivity contribution in [3.05, 3.63) is 0 Å². The Labute approximate surface area is 481 Å². The molecule has 476 valence electrons. The number of aliphatic carboxylic acids is 1. The van der Waals surface area contributed by atoms with Gasteiger partial charge in [-0.2, -0.15) is 11.8 Å². The van der Waals surface area contributed by atoms with Gasteiger partial charge in [0, 0.05) is 57.2 Å². The van der Waals surface area contributed by atoms with Gasteiger partial charge < -0.3 is 131 Å². The van der Waals surface area contributed by atoms with Crippen LogP contribution in [0, 0.1) is 0 Å². The van der Waals surface area contributed by atoms with Crippen LogP contribution in [0.1, 0.15) is 85.0 Å². The minimum absolute atomic E-state index is 0.0469. The van der Waals surface area contributed by atoms with E-state index in [2.05, 4.69) is 31.9 Å². The fourth-order valence-corrected chi connectivity index (χ4v) is 12.4. The van der Waals surface area contributed by atoms with E-state index >= 15 is 0 Å². The highest BCUT2D eigenvalue weighted by molar-refractivity contribution is 8.00. The van der Waals surface area contributed by atoms with Crippen LogP contribution in [0.15, 0.2) is 0 Å². The molecule has 0 aliphatic carbocycles. The molecule has 6 fully saturated rings. The van der Waals surface area contributed by atoms with Gasteiger partial charge in [0.05, 0.1) is 56.8 Å². The molecule has 0 aromatic rings. The molecule has 83 heavy (non-hydrogen) atoms. The number of aliphatic hydroxyl groups is 11. The number of carboxylic acids is 1. The van der Waals surface area contributed by atoms with Crippen LogP contribution < -0.4 is 31.9 Å². The number of amides is 6. The first-order valence-electron chi connectivity index (χ1n) is 27.9. The van der Waals surface area contributed by atoms with Gasteiger partial charge in [0.15, 0.2) is 18.9 Å². The number of ether oxygens (including phenoxy) is 8. The third-order valence-electron chi connectivity index (χ3n) is 15.3. The van der Waals surface area contributed by atoms with Crippen molar-refractivity contribution in [1.82, 2.24) is 31.9 Å². The summed E-state index contributed by atoms with van der Waals surface area (Å²) in [7, 11) is 0. The standard InChI is InChI=1S/C50H84N6O26S/c1-21-35(66)38(69)39(70)46(76-21)80-43-34(54-23(3)61)45(75-15-9-14-52-30(64)11-5-4-8-13-51-31(65)12-7-6-10-29-32-24(20-83-29)55-49(74)56-32)78-28(19-59)41(43)79-47-40(71)44(37(68)27(18-58)77-47)82-50(48(72)73)16-25(62)33(53-22(2)60)42(81-50)36(67)26(63)17-57/h21,24-29,32-47,57-59,62-63,66-71H,4-20H2,1-3H3,(H,51,65)(H,52,64)(H,53,60)(H,54,61)(H,72,73)(H2,55,56,74)/t21?,24-,25?,26+,27?,28?,29-,32-,33?,34?,35?,36+,37?,38?,39?,40?,41?,42?,43?,44?,45?,46?,47?,50?/m0/s1. The number of carbonyl (C=O) groups is 6. The Kier molecular flexibility index (Phi) is 26.1. The Balaban J connectivity index is 1.08. The van der Waals surface area contributed by atoms with Crippen molar-refractivity contribution in [2.45, 2.75) is 231 Å². The lowest BCUT2D eigenvalue weighted by molar-refractivity contribution is -0.391. The fraction of sp³-hybridized carbons (Fsp3) is 0.880. The van der Waals surface area contributed by atoms with Gasteiger partial charge in [-0.05, 0) is 39.0 Å². The Bertz CT molecular complexity index is 2130. The predicted molar refractivity (Wildman–Crippen MR) is 280 cm³/mol. The molecule has 33 heteroatoms. The molecule has 6 aliphatic heterocycles. The summed E-state index contributed by atoms with van der Waals surface area (Å²) in [5.74, 6) is -6.14. The van der Waals surface area contributed by atoms with Crippen molar-refractivity contribution in [2.24, 2.45) is 0 Å². The molecular weight excluding hydrogens is 1130 g/mol. The molecule has 18 N–H and O–H groups in total. The Morgan fingerprint density at radius 1 is 0.711 bits per heavy atom. The zero-order chi connectivity index (χ0) is 60.9. The van der Waals surface area contributed by atoms with E-state index in [1.165, 1.54) is 6.92 Å². The first-order chi connectivity index (χ1) is 39.4. The van der Waals surface area contributed by atoms with Crippen LogP contribution >= 0.6 is 11.8 Å². The number of hydrogen-bond donors (Lipinski definition) is 18. The summed E-state index contributed by atoms with van der Waals surface area (Å²) in [6.07, 6.45) is -30.1. The Morgan fingerprint density at radius 2 is 1.33 bits per heavy atom. The van der Waals surface area contributed by atoms with E-state index in [0.29, 0.717) is 37.5 Å². The maximum atomic E-state index is 13.1. The lowest BCUT2D eigenvalue weighted by atomic mass is 9.88. The molecule has 6 rings (SSSR count). The summed E-state index contributed by atoms with van der Waals surface area (Å²) in [6.45, 7) is 0.736. The highest BCUT2D eigenvalue weighted by atomic mass is 32.2. The van der Waals surface area contributed by atoms with Crippen LogP contribution in [-0.4, -0.2) is 288 Å². The maximum absolute atomic E-state index is 13.1. The highest BCUT2D eigenvalue weighted by Crippen LogP contribution is 2.40. The second kappa shape index (κ2) is 31.7. The quantitative estimate of drug-likeness (QED) is 0.0235. The monoisotopic (exact) mass is 1220 g/mol. The van der Waals surface area contributed by atoms with Gasteiger partial charge in [-0.3, -0.25) is 19.2 Å². The molecule has 24 atom stereocenters. The van der Waals surface area contributed by atoms with E-state index in [-0.39, 0.29) is 55.9 Å². The van der Waals surface area contributed by atoms with Gasteiger partial charge in [0.2, 0.25) is 23.6 Å². The van der Waals surface area contributed by atoms with Crippen molar-refractivity contribution in [1.29, 1.82) is 0 Å². The smallest absolute Gasteiger partial charge is 0.364 e. The fourth-order valence-electron chi connectivity index (χ4n) is 10.9. The zero-order valence-corrected chi connectivity index (χ0v) is 47.1. The lowest BCUT2D eigenvalue weighted by Crippen LogP contribution is -2.71. The molecule has 6 saturated heterocycles. The van der Waals surface area contributed by atoms with Gasteiger partial charge in [-0.1, -0.05) is 12.8 Å². The van der Waals surface area contributed by atoms with Gasteiger partial charge in [0.25, 0.3) is 5.79 Å². The number of thioether (sulfide) groups is 1. The van der Waals surface area contributed by atoms with Crippen LogP contribution in [0.2, 0.25) is 0 Å². The third-order valence-corrected chi connectivity index (χ3v) is 16.8. The van der Waals surface area contributed by atoms with E-state index in [1.807, 2.05) is 11.8 Å². The van der Waals surface area contributed by atoms with E-state index < -0.39 is 172 Å². The van der Waals surface area contributed by atoms with E-state index in [4.69, 9.17) is 37.9 Å². The normalized spacial score (nSPS) is 38.7. The summed E-state index contributed by atoms with van der Waals surface area (Å²) in [4.78, 5) is 74.9. The first-order valence-corrected chi connectivity index (χ1v) is 29.0. The molecule has 6 amide bonds. The predicted octanol–water partition coefficient (Wildman–Crippen LogP) is -7.29. The maximum Gasteiger partial charge on any atom is 0.364 e. The van der Waals surface area contributed by atoms with Crippen molar-refractivity contribution in [3.63, 3.8) is 0 Å². The zero-order valence-electron chi connectivity index (χ0n) is 46.3. The molecule has 0 aromatic carbocycles. The number of rotatable bonds is 30. The number of carbonyl (C=O) groups excluding carboxylic acids is 5. The van der Waals surface area contributed by atoms with Gasteiger partial charge in [-0.15, -0.1) is 0 Å². The molecule has 19 unspecified atom stereocenters. The molecular formula is C50H84N6O26S. The molecule has 0 spiro atoms.